The molecule has 1 aromatic carbocycles. The van der Waals surface area contributed by atoms with Crippen molar-refractivity contribution in [1.29, 1.82) is 0 Å². The van der Waals surface area contributed by atoms with E-state index in [0.29, 0.717) is 12.1 Å². The summed E-state index contributed by atoms with van der Waals surface area (Å²) in [7, 11) is 2.28. The zero-order chi connectivity index (χ0) is 14.5. The normalized spacial score (nSPS) is 23.1. The first kappa shape index (κ1) is 15.4. The van der Waals surface area contributed by atoms with E-state index < -0.39 is 0 Å². The van der Waals surface area contributed by atoms with Gasteiger partial charge in [0, 0.05) is 31.4 Å². The highest BCUT2D eigenvalue weighted by molar-refractivity contribution is 5.54. The molecule has 1 aliphatic carbocycles. The van der Waals surface area contributed by atoms with Crippen LogP contribution in [0.2, 0.25) is 0 Å². The Morgan fingerprint density at radius 2 is 1.90 bits per heavy atom. The van der Waals surface area contributed by atoms with Gasteiger partial charge in [0.05, 0.1) is 0 Å². The Hall–Kier alpha value is -1.02. The van der Waals surface area contributed by atoms with E-state index in [0.717, 1.165) is 12.5 Å². The molecule has 0 amide bonds. The van der Waals surface area contributed by atoms with E-state index >= 15 is 0 Å². The summed E-state index contributed by atoms with van der Waals surface area (Å²) in [5, 5.41) is 3.54. The minimum absolute atomic E-state index is 0.530. The molecule has 1 aliphatic rings. The number of anilines is 1. The molecular formula is C18H30N2. The number of benzene rings is 1. The van der Waals surface area contributed by atoms with Crippen LogP contribution in [0.25, 0.3) is 0 Å². The predicted octanol–water partition coefficient (Wildman–Crippen LogP) is 4.20. The number of nitrogens with one attached hydrogen (secondary N) is 1. The molecule has 2 heteroatoms. The topological polar surface area (TPSA) is 15.3 Å². The fourth-order valence-corrected chi connectivity index (χ4v) is 3.37. The fourth-order valence-electron chi connectivity index (χ4n) is 3.37. The summed E-state index contributed by atoms with van der Waals surface area (Å²) in [6.45, 7) is 7.78. The van der Waals surface area contributed by atoms with Gasteiger partial charge in [-0.15, -0.1) is 0 Å². The van der Waals surface area contributed by atoms with Crippen LogP contribution in [0.5, 0.6) is 0 Å². The zero-order valence-corrected chi connectivity index (χ0v) is 13.5. The maximum atomic E-state index is 3.54. The summed E-state index contributed by atoms with van der Waals surface area (Å²) < 4.78 is 0. The van der Waals surface area contributed by atoms with Crippen LogP contribution in [0.1, 0.15) is 52.0 Å². The van der Waals surface area contributed by atoms with Crippen molar-refractivity contribution in [3.8, 4) is 0 Å². The average molecular weight is 274 g/mol. The molecule has 0 saturated heterocycles. The van der Waals surface area contributed by atoms with E-state index in [4.69, 9.17) is 0 Å². The van der Waals surface area contributed by atoms with Crippen molar-refractivity contribution >= 4 is 5.69 Å². The Morgan fingerprint density at radius 3 is 2.60 bits per heavy atom. The highest BCUT2D eigenvalue weighted by Gasteiger charge is 2.26. The second-order valence-electron chi connectivity index (χ2n) is 6.60. The van der Waals surface area contributed by atoms with Gasteiger partial charge in [-0.1, -0.05) is 51.8 Å². The third-order valence-corrected chi connectivity index (χ3v) is 4.64. The molecule has 0 heterocycles. The van der Waals surface area contributed by atoms with E-state index in [9.17, 15) is 0 Å². The van der Waals surface area contributed by atoms with Crippen LogP contribution in [0.15, 0.2) is 24.3 Å². The summed E-state index contributed by atoms with van der Waals surface area (Å²) in [4.78, 5) is 2.53. The Kier molecular flexibility index (Phi) is 5.47. The van der Waals surface area contributed by atoms with Crippen LogP contribution < -0.4 is 10.2 Å². The number of hydrogen-bond acceptors (Lipinski definition) is 2. The highest BCUT2D eigenvalue weighted by Crippen LogP contribution is 2.31. The third kappa shape index (κ3) is 3.76. The number of para-hydroxylation sites is 1. The lowest BCUT2D eigenvalue weighted by Gasteiger charge is -2.38. The second-order valence-corrected chi connectivity index (χ2v) is 6.60. The van der Waals surface area contributed by atoms with Crippen LogP contribution >= 0.6 is 0 Å². The summed E-state index contributed by atoms with van der Waals surface area (Å²) in [6, 6.07) is 10.1. The second kappa shape index (κ2) is 7.12. The molecule has 112 valence electrons. The maximum Gasteiger partial charge on any atom is 0.0411 e. The van der Waals surface area contributed by atoms with Gasteiger partial charge in [-0.3, -0.25) is 0 Å². The lowest BCUT2D eigenvalue weighted by Crippen LogP contribution is -2.39. The molecule has 0 spiro atoms. The van der Waals surface area contributed by atoms with Crippen molar-refractivity contribution in [3.63, 3.8) is 0 Å². The van der Waals surface area contributed by atoms with E-state index in [2.05, 4.69) is 62.3 Å². The van der Waals surface area contributed by atoms with Gasteiger partial charge in [0.15, 0.2) is 0 Å². The molecule has 1 fully saturated rings. The van der Waals surface area contributed by atoms with Crippen molar-refractivity contribution in [2.24, 2.45) is 5.92 Å². The first-order valence-corrected chi connectivity index (χ1v) is 8.13. The largest absolute Gasteiger partial charge is 0.371 e. The Bertz CT molecular complexity index is 414. The Labute approximate surface area is 124 Å². The van der Waals surface area contributed by atoms with Gasteiger partial charge in [-0.05, 0) is 30.4 Å². The molecular weight excluding hydrogens is 244 g/mol. The molecule has 2 rings (SSSR count). The van der Waals surface area contributed by atoms with Crippen LogP contribution in [0, 0.1) is 5.92 Å². The van der Waals surface area contributed by atoms with Gasteiger partial charge in [-0.25, -0.2) is 0 Å². The standard InChI is InChI=1S/C18H30N2/c1-14(2)19-13-16-10-6-8-12-18(16)20(4)17-11-7-5-9-15(17)3/h6,8,10,12,14-15,17,19H,5,7,9,11,13H2,1-4H3. The minimum Gasteiger partial charge on any atom is -0.371 e. The monoisotopic (exact) mass is 274 g/mol. The van der Waals surface area contributed by atoms with Crippen molar-refractivity contribution in [1.82, 2.24) is 5.32 Å². The maximum absolute atomic E-state index is 3.54. The molecule has 1 aromatic rings. The first-order valence-electron chi connectivity index (χ1n) is 8.13. The lowest BCUT2D eigenvalue weighted by molar-refractivity contribution is 0.321. The zero-order valence-electron chi connectivity index (χ0n) is 13.5. The molecule has 0 radical (unpaired) electrons. The molecule has 0 aliphatic heterocycles. The summed E-state index contributed by atoms with van der Waals surface area (Å²) in [6.07, 6.45) is 5.50. The summed E-state index contributed by atoms with van der Waals surface area (Å²) in [5.41, 5.74) is 2.82. The minimum atomic E-state index is 0.530. The highest BCUT2D eigenvalue weighted by atomic mass is 15.1. The SMILES string of the molecule is CC(C)NCc1ccccc1N(C)C1CCCCC1C. The molecule has 2 nitrogen and oxygen atoms in total. The molecule has 0 bridgehead atoms. The van der Waals surface area contributed by atoms with E-state index in [-0.39, 0.29) is 0 Å². The van der Waals surface area contributed by atoms with E-state index in [1.807, 2.05) is 0 Å². The van der Waals surface area contributed by atoms with Crippen molar-refractivity contribution in [3.05, 3.63) is 29.8 Å². The van der Waals surface area contributed by atoms with Gasteiger partial charge >= 0.3 is 0 Å². The molecule has 20 heavy (non-hydrogen) atoms. The Morgan fingerprint density at radius 1 is 1.20 bits per heavy atom. The Balaban J connectivity index is 2.13. The molecule has 2 unspecified atom stereocenters. The molecule has 1 saturated carbocycles. The van der Waals surface area contributed by atoms with Gasteiger partial charge in [0.2, 0.25) is 0 Å². The van der Waals surface area contributed by atoms with E-state index in [1.54, 1.807) is 0 Å². The van der Waals surface area contributed by atoms with Crippen LogP contribution in [0.3, 0.4) is 0 Å². The van der Waals surface area contributed by atoms with Crippen LogP contribution in [-0.2, 0) is 6.54 Å². The number of rotatable bonds is 5. The van der Waals surface area contributed by atoms with Crippen LogP contribution in [-0.4, -0.2) is 19.1 Å². The quantitative estimate of drug-likeness (QED) is 0.865. The van der Waals surface area contributed by atoms with Crippen molar-refractivity contribution < 1.29 is 0 Å². The predicted molar refractivity (Wildman–Crippen MR) is 88.2 cm³/mol. The first-order chi connectivity index (χ1) is 9.59. The molecule has 0 aromatic heterocycles. The van der Waals surface area contributed by atoms with Crippen molar-refractivity contribution in [2.45, 2.75) is 65.1 Å². The molecule has 1 N–H and O–H groups in total. The summed E-state index contributed by atoms with van der Waals surface area (Å²) in [5.74, 6) is 0.805. The number of nitrogens with zero attached hydrogens (tertiary/aromatic N) is 1. The summed E-state index contributed by atoms with van der Waals surface area (Å²) >= 11 is 0. The van der Waals surface area contributed by atoms with Gasteiger partial charge in [0.1, 0.15) is 0 Å². The van der Waals surface area contributed by atoms with Crippen LogP contribution in [0.4, 0.5) is 5.69 Å². The lowest BCUT2D eigenvalue weighted by atomic mass is 9.84. The van der Waals surface area contributed by atoms with Gasteiger partial charge in [0.25, 0.3) is 0 Å². The van der Waals surface area contributed by atoms with Crippen molar-refractivity contribution in [2.75, 3.05) is 11.9 Å². The number of hydrogen-bond donors (Lipinski definition) is 1. The fraction of sp³-hybridized carbons (Fsp3) is 0.667. The van der Waals surface area contributed by atoms with Gasteiger partial charge < -0.3 is 10.2 Å². The van der Waals surface area contributed by atoms with Gasteiger partial charge in [-0.2, -0.15) is 0 Å². The average Bonchev–Trinajstić information content (AvgIpc) is 2.45. The smallest absolute Gasteiger partial charge is 0.0411 e. The molecule has 2 atom stereocenters. The third-order valence-electron chi connectivity index (χ3n) is 4.64. The van der Waals surface area contributed by atoms with E-state index in [1.165, 1.54) is 36.9 Å².